The smallest absolute Gasteiger partial charge is 0.305 e. The molecule has 4 rings (SSSR count). The van der Waals surface area contributed by atoms with Gasteiger partial charge >= 0.3 is 5.97 Å². The molecule has 0 unspecified atom stereocenters. The van der Waals surface area contributed by atoms with Gasteiger partial charge in [0.15, 0.2) is 0 Å². The minimum Gasteiger partial charge on any atom is -0.469 e. The number of carbonyl (C=O) groups excluding carboxylic acids is 1. The van der Waals surface area contributed by atoms with Gasteiger partial charge in [0.25, 0.3) is 0 Å². The molecule has 3 nitrogen and oxygen atoms in total. The van der Waals surface area contributed by atoms with Gasteiger partial charge in [0.1, 0.15) is 10.6 Å². The van der Waals surface area contributed by atoms with Gasteiger partial charge in [0, 0.05) is 22.4 Å². The van der Waals surface area contributed by atoms with Gasteiger partial charge in [-0.15, -0.1) is 11.3 Å². The summed E-state index contributed by atoms with van der Waals surface area (Å²) in [4.78, 5) is 19.0. The number of ether oxygens (including phenoxy) is 1. The van der Waals surface area contributed by atoms with Crippen LogP contribution in [-0.4, -0.2) is 18.1 Å². The molecule has 0 atom stereocenters. The number of benzene rings is 1. The van der Waals surface area contributed by atoms with Gasteiger partial charge in [0.05, 0.1) is 7.11 Å². The molecule has 5 heteroatoms. The van der Waals surface area contributed by atoms with Gasteiger partial charge in [-0.2, -0.15) is 0 Å². The summed E-state index contributed by atoms with van der Waals surface area (Å²) in [5.41, 5.74) is 5.97. The first-order valence-corrected chi connectivity index (χ1v) is 11.2. The van der Waals surface area contributed by atoms with Crippen molar-refractivity contribution in [2.45, 2.75) is 58.3 Å². The highest BCUT2D eigenvalue weighted by molar-refractivity contribution is 7.19. The van der Waals surface area contributed by atoms with Crippen LogP contribution in [0.4, 0.5) is 4.39 Å². The van der Waals surface area contributed by atoms with Crippen LogP contribution in [-0.2, 0) is 28.8 Å². The molecule has 2 aromatic heterocycles. The molecule has 0 amide bonds. The van der Waals surface area contributed by atoms with Crippen LogP contribution in [0.3, 0.4) is 0 Å². The summed E-state index contributed by atoms with van der Waals surface area (Å²) in [6, 6.07) is 6.84. The van der Waals surface area contributed by atoms with Crippen molar-refractivity contribution in [2.24, 2.45) is 0 Å². The Bertz CT molecular complexity index is 1040. The van der Waals surface area contributed by atoms with Crippen LogP contribution >= 0.6 is 11.3 Å². The van der Waals surface area contributed by atoms with E-state index in [1.807, 2.05) is 23.5 Å². The number of pyridine rings is 1. The lowest BCUT2D eigenvalue weighted by molar-refractivity contribution is -0.140. The first-order valence-electron chi connectivity index (χ1n) is 10.3. The normalized spacial score (nSPS) is 13.5. The maximum absolute atomic E-state index is 13.6. The second kappa shape index (κ2) is 8.62. The summed E-state index contributed by atoms with van der Waals surface area (Å²) in [7, 11) is 1.43. The van der Waals surface area contributed by atoms with Crippen LogP contribution in [0.15, 0.2) is 24.3 Å². The van der Waals surface area contributed by atoms with E-state index in [0.29, 0.717) is 6.42 Å². The summed E-state index contributed by atoms with van der Waals surface area (Å²) in [5, 5.41) is 1.27. The summed E-state index contributed by atoms with van der Waals surface area (Å²) < 4.78 is 18.4. The molecule has 152 valence electrons. The molecule has 0 saturated heterocycles. The van der Waals surface area contributed by atoms with Crippen molar-refractivity contribution in [3.8, 4) is 11.1 Å². The Kier molecular flexibility index (Phi) is 5.95. The van der Waals surface area contributed by atoms with Gasteiger partial charge in [-0.1, -0.05) is 12.1 Å². The number of carbonyl (C=O) groups is 1. The van der Waals surface area contributed by atoms with E-state index >= 15 is 0 Å². The van der Waals surface area contributed by atoms with E-state index in [9.17, 15) is 9.18 Å². The number of unbranched alkanes of at least 4 members (excludes halogenated alkanes) is 1. The van der Waals surface area contributed by atoms with Crippen LogP contribution in [0, 0.1) is 12.7 Å². The van der Waals surface area contributed by atoms with E-state index in [2.05, 4.69) is 6.92 Å². The Morgan fingerprint density at radius 2 is 1.93 bits per heavy atom. The number of rotatable bonds is 6. The lowest BCUT2D eigenvalue weighted by Crippen LogP contribution is -2.03. The molecule has 0 aliphatic heterocycles. The fourth-order valence-corrected chi connectivity index (χ4v) is 5.67. The van der Waals surface area contributed by atoms with Crippen molar-refractivity contribution in [3.05, 3.63) is 51.8 Å². The molecule has 29 heavy (non-hydrogen) atoms. The van der Waals surface area contributed by atoms with Crippen LogP contribution < -0.4 is 0 Å². The Morgan fingerprint density at radius 3 is 2.69 bits per heavy atom. The highest BCUT2D eigenvalue weighted by Crippen LogP contribution is 2.43. The predicted octanol–water partition coefficient (Wildman–Crippen LogP) is 6.18. The molecule has 2 heterocycles. The second-order valence-corrected chi connectivity index (χ2v) is 8.82. The maximum atomic E-state index is 13.6. The molecular weight excluding hydrogens is 385 g/mol. The number of aromatic nitrogens is 1. The van der Waals surface area contributed by atoms with Crippen molar-refractivity contribution in [3.63, 3.8) is 0 Å². The third-order valence-corrected chi connectivity index (χ3v) is 7.01. The fourth-order valence-electron chi connectivity index (χ4n) is 4.35. The Hall–Kier alpha value is -2.27. The van der Waals surface area contributed by atoms with Crippen molar-refractivity contribution >= 4 is 27.5 Å². The van der Waals surface area contributed by atoms with Gasteiger partial charge in [-0.05, 0) is 86.3 Å². The van der Waals surface area contributed by atoms with E-state index in [4.69, 9.17) is 9.72 Å². The van der Waals surface area contributed by atoms with Gasteiger partial charge in [-0.3, -0.25) is 4.79 Å². The Balaban J connectivity index is 1.80. The van der Waals surface area contributed by atoms with Gasteiger partial charge in [0.2, 0.25) is 0 Å². The van der Waals surface area contributed by atoms with Crippen LogP contribution in [0.5, 0.6) is 0 Å². The maximum Gasteiger partial charge on any atom is 0.305 e. The summed E-state index contributed by atoms with van der Waals surface area (Å²) in [6.45, 7) is 2.07. The quantitative estimate of drug-likeness (QED) is 0.359. The standard InChI is InChI=1S/C24H26FNO2S/c1-15-18(7-4-6-10-21(27)28-2)22(16-11-13-17(25)14-12-16)23-19-8-3-5-9-20(19)29-24(23)26-15/h11-14H,3-10H2,1-2H3. The molecular formula is C24H26FNO2S. The molecule has 1 aliphatic rings. The minimum absolute atomic E-state index is 0.166. The number of hydrogen-bond acceptors (Lipinski definition) is 4. The summed E-state index contributed by atoms with van der Waals surface area (Å²) in [6.07, 6.45) is 7.64. The first kappa shape index (κ1) is 20.0. The van der Waals surface area contributed by atoms with Gasteiger partial charge < -0.3 is 4.74 Å². The molecule has 1 aliphatic carbocycles. The number of hydrogen-bond donors (Lipinski definition) is 0. The Morgan fingerprint density at radius 1 is 1.17 bits per heavy atom. The van der Waals surface area contributed by atoms with Crippen molar-refractivity contribution in [2.75, 3.05) is 7.11 Å². The average molecular weight is 412 g/mol. The molecule has 0 saturated carbocycles. The molecule has 0 N–H and O–H groups in total. The molecule has 3 aromatic rings. The van der Waals surface area contributed by atoms with Crippen molar-refractivity contribution < 1.29 is 13.9 Å². The number of nitrogens with zero attached hydrogens (tertiary/aromatic N) is 1. The van der Waals surface area contributed by atoms with Crippen LogP contribution in [0.2, 0.25) is 0 Å². The number of aryl methyl sites for hydroxylation is 3. The number of halogens is 1. The zero-order chi connectivity index (χ0) is 20.4. The average Bonchev–Trinajstić information content (AvgIpc) is 3.09. The van der Waals surface area contributed by atoms with Gasteiger partial charge in [-0.25, -0.2) is 9.37 Å². The lowest BCUT2D eigenvalue weighted by Gasteiger charge is -2.17. The SMILES string of the molecule is COC(=O)CCCCc1c(C)nc2sc3c(c2c1-c1ccc(F)cc1)CCCC3. The predicted molar refractivity (Wildman–Crippen MR) is 116 cm³/mol. The number of esters is 1. The lowest BCUT2D eigenvalue weighted by atomic mass is 9.88. The van der Waals surface area contributed by atoms with Crippen LogP contribution in [0.25, 0.3) is 21.3 Å². The van der Waals surface area contributed by atoms with E-state index < -0.39 is 0 Å². The number of methoxy groups -OCH3 is 1. The van der Waals surface area contributed by atoms with E-state index in [0.717, 1.165) is 48.2 Å². The first-order chi connectivity index (χ1) is 14.1. The van der Waals surface area contributed by atoms with Crippen LogP contribution in [0.1, 0.15) is 53.8 Å². The second-order valence-electron chi connectivity index (χ2n) is 7.73. The number of fused-ring (bicyclic) bond motifs is 3. The molecule has 0 radical (unpaired) electrons. The monoisotopic (exact) mass is 411 g/mol. The molecule has 0 spiro atoms. The number of thiophene rings is 1. The molecule has 0 fully saturated rings. The largest absolute Gasteiger partial charge is 0.469 e. The van der Waals surface area contributed by atoms with E-state index in [1.54, 1.807) is 0 Å². The molecule has 0 bridgehead atoms. The molecule has 1 aromatic carbocycles. The third-order valence-electron chi connectivity index (χ3n) is 5.83. The van der Waals surface area contributed by atoms with E-state index in [1.165, 1.54) is 59.0 Å². The summed E-state index contributed by atoms with van der Waals surface area (Å²) in [5.74, 6) is -0.385. The van der Waals surface area contributed by atoms with Crippen molar-refractivity contribution in [1.29, 1.82) is 0 Å². The zero-order valence-electron chi connectivity index (χ0n) is 17.0. The highest BCUT2D eigenvalue weighted by Gasteiger charge is 2.23. The Labute approximate surface area is 174 Å². The topological polar surface area (TPSA) is 39.2 Å². The van der Waals surface area contributed by atoms with Crippen molar-refractivity contribution in [1.82, 2.24) is 4.98 Å². The summed E-state index contributed by atoms with van der Waals surface area (Å²) >= 11 is 1.82. The third kappa shape index (κ3) is 4.06. The minimum atomic E-state index is -0.220. The van der Waals surface area contributed by atoms with E-state index in [-0.39, 0.29) is 11.8 Å². The zero-order valence-corrected chi connectivity index (χ0v) is 17.8. The fraction of sp³-hybridized carbons (Fsp3) is 0.417. The highest BCUT2D eigenvalue weighted by atomic mass is 32.1.